The maximum Gasteiger partial charge on any atom is 0.0449 e. The molecule has 0 spiro atoms. The second-order valence-corrected chi connectivity index (χ2v) is 4.49. The first-order chi connectivity index (χ1) is 7.13. The lowest BCUT2D eigenvalue weighted by Crippen LogP contribution is -2.24. The van der Waals surface area contributed by atoms with Gasteiger partial charge in [0.15, 0.2) is 0 Å². The summed E-state index contributed by atoms with van der Waals surface area (Å²) in [5, 5.41) is 0.731. The van der Waals surface area contributed by atoms with Crippen LogP contribution in [0, 0.1) is 0 Å². The van der Waals surface area contributed by atoms with E-state index in [4.69, 9.17) is 28.9 Å². The van der Waals surface area contributed by atoms with Gasteiger partial charge in [0.05, 0.1) is 0 Å². The lowest BCUT2D eigenvalue weighted by molar-refractivity contribution is 0.745. The van der Waals surface area contributed by atoms with Crippen LogP contribution in [0.15, 0.2) is 22.7 Å². The molecule has 1 aromatic rings. The lowest BCUT2D eigenvalue weighted by Gasteiger charge is -2.09. The van der Waals surface area contributed by atoms with Crippen LogP contribution in [-0.2, 0) is 6.42 Å². The lowest BCUT2D eigenvalue weighted by atomic mass is 10.1. The fourth-order valence-corrected chi connectivity index (χ4v) is 1.88. The van der Waals surface area contributed by atoms with Crippen molar-refractivity contribution in [3.05, 3.63) is 33.3 Å². The van der Waals surface area contributed by atoms with Gasteiger partial charge in [0.1, 0.15) is 0 Å². The minimum Gasteiger partial charge on any atom is -0.326 e. The van der Waals surface area contributed by atoms with E-state index in [2.05, 4.69) is 15.9 Å². The first kappa shape index (κ1) is 15.2. The molecule has 0 fully saturated rings. The zero-order valence-corrected chi connectivity index (χ0v) is 12.0. The second-order valence-electron chi connectivity index (χ2n) is 2.85. The number of rotatable bonds is 3. The molecule has 1 atom stereocenters. The Balaban J connectivity index is 0.000000921. The van der Waals surface area contributed by atoms with Crippen molar-refractivity contribution in [3.63, 3.8) is 0 Å². The van der Waals surface area contributed by atoms with Gasteiger partial charge in [-0.2, -0.15) is 0 Å². The van der Waals surface area contributed by atoms with E-state index in [-0.39, 0.29) is 6.04 Å². The van der Waals surface area contributed by atoms with Gasteiger partial charge in [0.2, 0.25) is 0 Å². The molecule has 0 heterocycles. The Morgan fingerprint density at radius 2 is 2.00 bits per heavy atom. The monoisotopic (exact) mass is 311 g/mol. The van der Waals surface area contributed by atoms with E-state index in [1.807, 2.05) is 32.0 Å². The Morgan fingerprint density at radius 1 is 1.40 bits per heavy atom. The highest BCUT2D eigenvalue weighted by molar-refractivity contribution is 9.10. The molecule has 0 aromatic heterocycles. The summed E-state index contributed by atoms with van der Waals surface area (Å²) in [4.78, 5) is 0. The molecular weight excluding hydrogens is 297 g/mol. The molecule has 0 bridgehead atoms. The second kappa shape index (κ2) is 8.40. The molecule has 2 N–H and O–H groups in total. The van der Waals surface area contributed by atoms with E-state index in [0.29, 0.717) is 5.88 Å². The van der Waals surface area contributed by atoms with Crippen LogP contribution in [0.3, 0.4) is 0 Å². The summed E-state index contributed by atoms with van der Waals surface area (Å²) < 4.78 is 0.973. The largest absolute Gasteiger partial charge is 0.326 e. The van der Waals surface area contributed by atoms with Crippen molar-refractivity contribution in [2.45, 2.75) is 26.3 Å². The molecule has 0 saturated carbocycles. The predicted octanol–water partition coefficient (Wildman–Crippen LogP) is 4.24. The van der Waals surface area contributed by atoms with Crippen molar-refractivity contribution in [3.8, 4) is 0 Å². The van der Waals surface area contributed by atoms with Gasteiger partial charge < -0.3 is 5.73 Å². The third kappa shape index (κ3) is 5.76. The molecule has 86 valence electrons. The summed E-state index contributed by atoms with van der Waals surface area (Å²) in [5.74, 6) is 0.451. The Labute approximate surface area is 110 Å². The molecule has 0 aliphatic rings. The van der Waals surface area contributed by atoms with Gasteiger partial charge in [-0.25, -0.2) is 0 Å². The molecule has 0 aliphatic heterocycles. The van der Waals surface area contributed by atoms with E-state index < -0.39 is 0 Å². The first-order valence-electron chi connectivity index (χ1n) is 4.89. The van der Waals surface area contributed by atoms with Crippen LogP contribution in [0.5, 0.6) is 0 Å². The van der Waals surface area contributed by atoms with Crippen molar-refractivity contribution < 1.29 is 0 Å². The highest BCUT2D eigenvalue weighted by Crippen LogP contribution is 2.22. The smallest absolute Gasteiger partial charge is 0.0449 e. The van der Waals surface area contributed by atoms with Crippen LogP contribution in [0.1, 0.15) is 19.4 Å². The molecule has 0 unspecified atom stereocenters. The minimum atomic E-state index is -0.0275. The molecule has 15 heavy (non-hydrogen) atoms. The molecule has 0 saturated heterocycles. The van der Waals surface area contributed by atoms with Gasteiger partial charge in [0, 0.05) is 21.4 Å². The Morgan fingerprint density at radius 3 is 2.47 bits per heavy atom. The van der Waals surface area contributed by atoms with Crippen molar-refractivity contribution in [1.29, 1.82) is 0 Å². The van der Waals surface area contributed by atoms with Gasteiger partial charge >= 0.3 is 0 Å². The van der Waals surface area contributed by atoms with E-state index in [1.165, 1.54) is 0 Å². The molecule has 0 radical (unpaired) electrons. The van der Waals surface area contributed by atoms with Gasteiger partial charge in [-0.05, 0) is 24.1 Å². The van der Waals surface area contributed by atoms with E-state index >= 15 is 0 Å². The average molecular weight is 313 g/mol. The maximum atomic E-state index is 6.00. The first-order valence-corrected chi connectivity index (χ1v) is 6.59. The Hall–Kier alpha value is 0.240. The van der Waals surface area contributed by atoms with Crippen LogP contribution in [0.25, 0.3) is 0 Å². The summed E-state index contributed by atoms with van der Waals surface area (Å²) in [6.07, 6.45) is 0.718. The van der Waals surface area contributed by atoms with Crippen molar-refractivity contribution >= 4 is 39.1 Å². The van der Waals surface area contributed by atoms with Crippen molar-refractivity contribution in [2.24, 2.45) is 5.73 Å². The van der Waals surface area contributed by atoms with Crippen LogP contribution in [-0.4, -0.2) is 11.9 Å². The zero-order valence-electron chi connectivity index (χ0n) is 8.93. The fourth-order valence-electron chi connectivity index (χ4n) is 1.02. The normalized spacial score (nSPS) is 11.6. The van der Waals surface area contributed by atoms with E-state index in [9.17, 15) is 0 Å². The molecular formula is C11H16BrCl2N. The number of hydrogen-bond acceptors (Lipinski definition) is 1. The molecule has 1 rings (SSSR count). The number of hydrogen-bond donors (Lipinski definition) is 1. The molecule has 0 amide bonds. The zero-order chi connectivity index (χ0) is 11.8. The van der Waals surface area contributed by atoms with E-state index in [1.54, 1.807) is 0 Å². The summed E-state index contributed by atoms with van der Waals surface area (Å²) in [6, 6.07) is 5.74. The number of nitrogens with two attached hydrogens (primary N) is 1. The molecule has 0 aliphatic carbocycles. The van der Waals surface area contributed by atoms with Crippen LogP contribution in [0.4, 0.5) is 0 Å². The number of alkyl halides is 1. The van der Waals surface area contributed by atoms with Crippen LogP contribution >= 0.6 is 39.1 Å². The Bertz CT molecular complexity index is 292. The van der Waals surface area contributed by atoms with Crippen molar-refractivity contribution in [1.82, 2.24) is 0 Å². The quantitative estimate of drug-likeness (QED) is 0.830. The van der Waals surface area contributed by atoms with Gasteiger partial charge in [-0.1, -0.05) is 47.4 Å². The van der Waals surface area contributed by atoms with Crippen LogP contribution < -0.4 is 5.73 Å². The van der Waals surface area contributed by atoms with Gasteiger partial charge in [-0.3, -0.25) is 0 Å². The molecule has 4 heteroatoms. The minimum absolute atomic E-state index is 0.0275. The summed E-state index contributed by atoms with van der Waals surface area (Å²) in [6.45, 7) is 4.00. The molecule has 1 nitrogen and oxygen atoms in total. The third-order valence-corrected chi connectivity index (χ3v) is 2.94. The maximum absolute atomic E-state index is 6.00. The highest BCUT2D eigenvalue weighted by Gasteiger charge is 2.06. The summed E-state index contributed by atoms with van der Waals surface area (Å²) in [7, 11) is 0. The molecule has 1 aromatic carbocycles. The van der Waals surface area contributed by atoms with Gasteiger partial charge in [0.25, 0.3) is 0 Å². The summed E-state index contributed by atoms with van der Waals surface area (Å²) >= 11 is 14.9. The summed E-state index contributed by atoms with van der Waals surface area (Å²) in [5.41, 5.74) is 6.75. The average Bonchev–Trinajstić information content (AvgIpc) is 2.25. The standard InChI is InChI=1S/C9H10BrCl2N.C2H6/c10-7-2-1-6(9(12)4-7)3-8(13)5-11;1-2/h1-2,4,8H,3,5,13H2;1-2H3/t8-;/m0./s1. The van der Waals surface area contributed by atoms with Gasteiger partial charge in [-0.15, -0.1) is 11.6 Å². The number of halogens is 3. The number of benzene rings is 1. The van der Waals surface area contributed by atoms with Crippen molar-refractivity contribution in [2.75, 3.05) is 5.88 Å². The Kier molecular flexibility index (Phi) is 8.53. The SMILES string of the molecule is CC.N[C@H](CCl)Cc1ccc(Br)cc1Cl. The van der Waals surface area contributed by atoms with Crippen LogP contribution in [0.2, 0.25) is 5.02 Å². The topological polar surface area (TPSA) is 26.0 Å². The fraction of sp³-hybridized carbons (Fsp3) is 0.455. The predicted molar refractivity (Wildman–Crippen MR) is 72.9 cm³/mol. The highest BCUT2D eigenvalue weighted by atomic mass is 79.9. The third-order valence-electron chi connectivity index (χ3n) is 1.70. The van der Waals surface area contributed by atoms with E-state index in [0.717, 1.165) is 21.5 Å².